The monoisotopic (exact) mass is 306 g/mol. The van der Waals surface area contributed by atoms with E-state index >= 15 is 0 Å². The largest absolute Gasteiger partial charge is 0.285 e. The SMILES string of the molecule is CCCCCCCCCCCCC(C)(CC)S(=O)(=O)O. The molecule has 0 aliphatic heterocycles. The van der Waals surface area contributed by atoms with E-state index in [9.17, 15) is 13.0 Å². The van der Waals surface area contributed by atoms with Crippen LogP contribution in [0.4, 0.5) is 0 Å². The van der Waals surface area contributed by atoms with Gasteiger partial charge >= 0.3 is 0 Å². The Labute approximate surface area is 126 Å². The van der Waals surface area contributed by atoms with Gasteiger partial charge in [0.1, 0.15) is 0 Å². The van der Waals surface area contributed by atoms with Gasteiger partial charge in [0.25, 0.3) is 10.1 Å². The van der Waals surface area contributed by atoms with Gasteiger partial charge in [-0.3, -0.25) is 4.55 Å². The average molecular weight is 307 g/mol. The Hall–Kier alpha value is -0.0900. The van der Waals surface area contributed by atoms with Crippen molar-refractivity contribution in [3.63, 3.8) is 0 Å². The fraction of sp³-hybridized carbons (Fsp3) is 1.00. The predicted octanol–water partition coefficient (Wildman–Crippen LogP) is 5.35. The molecule has 0 aliphatic rings. The van der Waals surface area contributed by atoms with Gasteiger partial charge in [-0.25, -0.2) is 0 Å². The molecule has 0 aromatic heterocycles. The van der Waals surface area contributed by atoms with Crippen molar-refractivity contribution in [1.82, 2.24) is 0 Å². The third-order valence-electron chi connectivity index (χ3n) is 4.43. The third-order valence-corrected chi connectivity index (χ3v) is 6.17. The summed E-state index contributed by atoms with van der Waals surface area (Å²) in [6.07, 6.45) is 13.4. The smallest absolute Gasteiger partial charge is 0.270 e. The maximum Gasteiger partial charge on any atom is 0.270 e. The lowest BCUT2D eigenvalue weighted by molar-refractivity contribution is 0.402. The molecule has 0 saturated heterocycles. The van der Waals surface area contributed by atoms with Crippen molar-refractivity contribution < 1.29 is 13.0 Å². The van der Waals surface area contributed by atoms with Gasteiger partial charge in [-0.05, 0) is 19.8 Å². The molecule has 0 amide bonds. The molecule has 0 spiro atoms. The quantitative estimate of drug-likeness (QED) is 0.368. The zero-order valence-electron chi connectivity index (χ0n) is 13.7. The van der Waals surface area contributed by atoms with Crippen molar-refractivity contribution in [2.45, 2.75) is 103 Å². The van der Waals surface area contributed by atoms with Crippen LogP contribution in [0.3, 0.4) is 0 Å². The van der Waals surface area contributed by atoms with E-state index in [1.165, 1.54) is 51.4 Å². The number of hydrogen-bond acceptors (Lipinski definition) is 2. The van der Waals surface area contributed by atoms with Gasteiger partial charge in [-0.15, -0.1) is 0 Å². The van der Waals surface area contributed by atoms with E-state index in [-0.39, 0.29) is 0 Å². The Morgan fingerprint density at radius 1 is 0.800 bits per heavy atom. The van der Waals surface area contributed by atoms with Crippen molar-refractivity contribution in [2.75, 3.05) is 0 Å². The van der Waals surface area contributed by atoms with Crippen LogP contribution in [0.25, 0.3) is 0 Å². The maximum atomic E-state index is 11.3. The third kappa shape index (κ3) is 8.25. The molecule has 0 saturated carbocycles. The molecule has 1 atom stereocenters. The van der Waals surface area contributed by atoms with Crippen LogP contribution in [0, 0.1) is 0 Å². The highest BCUT2D eigenvalue weighted by Crippen LogP contribution is 2.27. The van der Waals surface area contributed by atoms with Crippen molar-refractivity contribution >= 4 is 10.1 Å². The van der Waals surface area contributed by atoms with Gasteiger partial charge in [0.05, 0.1) is 4.75 Å². The second-order valence-electron chi connectivity index (χ2n) is 6.21. The molecule has 0 aliphatic carbocycles. The first-order valence-corrected chi connectivity index (χ1v) is 9.78. The summed E-state index contributed by atoms with van der Waals surface area (Å²) in [4.78, 5) is 0. The minimum absolute atomic E-state index is 0.475. The highest BCUT2D eigenvalue weighted by atomic mass is 32.2. The second kappa shape index (κ2) is 10.6. The minimum Gasteiger partial charge on any atom is -0.285 e. The van der Waals surface area contributed by atoms with Gasteiger partial charge < -0.3 is 0 Å². The van der Waals surface area contributed by atoms with Crippen molar-refractivity contribution in [2.24, 2.45) is 0 Å². The fourth-order valence-corrected chi connectivity index (χ4v) is 3.24. The first-order chi connectivity index (χ1) is 9.37. The fourth-order valence-electron chi connectivity index (χ4n) is 2.47. The summed E-state index contributed by atoms with van der Waals surface area (Å²) >= 11 is 0. The van der Waals surface area contributed by atoms with E-state index < -0.39 is 14.9 Å². The molecule has 0 aromatic rings. The molecule has 0 aromatic carbocycles. The van der Waals surface area contributed by atoms with Gasteiger partial charge in [-0.1, -0.05) is 78.1 Å². The Morgan fingerprint density at radius 3 is 1.55 bits per heavy atom. The maximum absolute atomic E-state index is 11.3. The molecule has 0 fully saturated rings. The average Bonchev–Trinajstić information content (AvgIpc) is 2.39. The number of hydrogen-bond donors (Lipinski definition) is 1. The first-order valence-electron chi connectivity index (χ1n) is 8.34. The summed E-state index contributed by atoms with van der Waals surface area (Å²) in [7, 11) is -3.92. The van der Waals surface area contributed by atoms with Gasteiger partial charge in [0, 0.05) is 0 Å². The molecule has 1 N–H and O–H groups in total. The van der Waals surface area contributed by atoms with E-state index in [1.807, 2.05) is 6.92 Å². The topological polar surface area (TPSA) is 54.4 Å². The first kappa shape index (κ1) is 19.9. The second-order valence-corrected chi connectivity index (χ2v) is 8.15. The Kier molecular flexibility index (Phi) is 10.6. The molecule has 0 rings (SSSR count). The summed E-state index contributed by atoms with van der Waals surface area (Å²) in [5.74, 6) is 0. The molecule has 4 heteroatoms. The molecule has 3 nitrogen and oxygen atoms in total. The van der Waals surface area contributed by atoms with Crippen LogP contribution in [-0.4, -0.2) is 17.7 Å². The molecule has 0 heterocycles. The molecule has 1 unspecified atom stereocenters. The predicted molar refractivity (Wildman–Crippen MR) is 86.7 cm³/mol. The normalized spacial score (nSPS) is 15.2. The Morgan fingerprint density at radius 2 is 1.20 bits per heavy atom. The molecule has 0 bridgehead atoms. The van der Waals surface area contributed by atoms with Crippen LogP contribution in [-0.2, 0) is 10.1 Å². The van der Waals surface area contributed by atoms with Crippen molar-refractivity contribution in [3.8, 4) is 0 Å². The standard InChI is InChI=1S/C16H34O3S/c1-4-6-7-8-9-10-11-12-13-14-15-16(3,5-2)20(17,18)19/h4-15H2,1-3H3,(H,17,18,19). The highest BCUT2D eigenvalue weighted by molar-refractivity contribution is 7.87. The van der Waals surface area contributed by atoms with Crippen LogP contribution in [0.15, 0.2) is 0 Å². The number of unbranched alkanes of at least 4 members (excludes halogenated alkanes) is 9. The summed E-state index contributed by atoms with van der Waals surface area (Å²) in [6.45, 7) is 5.71. The zero-order valence-corrected chi connectivity index (χ0v) is 14.5. The van der Waals surface area contributed by atoms with Crippen LogP contribution >= 0.6 is 0 Å². The lowest BCUT2D eigenvalue weighted by Gasteiger charge is -2.24. The van der Waals surface area contributed by atoms with E-state index in [1.54, 1.807) is 6.92 Å². The van der Waals surface area contributed by atoms with Crippen LogP contribution in [0.2, 0.25) is 0 Å². The van der Waals surface area contributed by atoms with Gasteiger partial charge in [0.2, 0.25) is 0 Å². The lowest BCUT2D eigenvalue weighted by atomic mass is 9.98. The van der Waals surface area contributed by atoms with Gasteiger partial charge in [0.15, 0.2) is 0 Å². The van der Waals surface area contributed by atoms with E-state index in [0.717, 1.165) is 12.8 Å². The van der Waals surface area contributed by atoms with E-state index in [2.05, 4.69) is 6.92 Å². The molecule has 0 radical (unpaired) electrons. The van der Waals surface area contributed by atoms with E-state index in [4.69, 9.17) is 0 Å². The molecule has 122 valence electrons. The molecular formula is C16H34O3S. The summed E-state index contributed by atoms with van der Waals surface area (Å²) < 4.78 is 31.0. The van der Waals surface area contributed by atoms with Gasteiger partial charge in [-0.2, -0.15) is 8.42 Å². The van der Waals surface area contributed by atoms with Crippen LogP contribution in [0.5, 0.6) is 0 Å². The zero-order chi connectivity index (χ0) is 15.5. The van der Waals surface area contributed by atoms with Crippen molar-refractivity contribution in [1.29, 1.82) is 0 Å². The molecular weight excluding hydrogens is 272 g/mol. The summed E-state index contributed by atoms with van der Waals surface area (Å²) in [6, 6.07) is 0. The van der Waals surface area contributed by atoms with Crippen LogP contribution < -0.4 is 0 Å². The Balaban J connectivity index is 3.57. The number of rotatable bonds is 13. The molecule has 20 heavy (non-hydrogen) atoms. The summed E-state index contributed by atoms with van der Waals surface area (Å²) in [5, 5.41) is 0. The van der Waals surface area contributed by atoms with Crippen molar-refractivity contribution in [3.05, 3.63) is 0 Å². The summed E-state index contributed by atoms with van der Waals surface area (Å²) in [5.41, 5.74) is 0. The van der Waals surface area contributed by atoms with E-state index in [0.29, 0.717) is 12.8 Å². The van der Waals surface area contributed by atoms with Crippen LogP contribution in [0.1, 0.15) is 97.8 Å². The lowest BCUT2D eigenvalue weighted by Crippen LogP contribution is -2.34. The Bertz CT molecular complexity index is 325. The minimum atomic E-state index is -3.92. The highest BCUT2D eigenvalue weighted by Gasteiger charge is 2.35.